The number of amides is 1. The molecule has 4 rings (SSSR count). The molecule has 0 radical (unpaired) electrons. The van der Waals surface area contributed by atoms with Crippen LogP contribution in [0, 0.1) is 5.92 Å². The number of halogens is 1. The first-order valence-corrected chi connectivity index (χ1v) is 11.5. The van der Waals surface area contributed by atoms with Crippen LogP contribution in [-0.4, -0.2) is 35.4 Å². The number of carbonyl (C=O) groups is 1. The van der Waals surface area contributed by atoms with E-state index in [9.17, 15) is 4.79 Å². The van der Waals surface area contributed by atoms with Crippen LogP contribution in [0.5, 0.6) is 0 Å². The summed E-state index contributed by atoms with van der Waals surface area (Å²) in [5, 5.41) is 6.89. The highest BCUT2D eigenvalue weighted by Gasteiger charge is 2.23. The van der Waals surface area contributed by atoms with Crippen molar-refractivity contribution in [3.05, 3.63) is 89.1 Å². The zero-order chi connectivity index (χ0) is 22.3. The summed E-state index contributed by atoms with van der Waals surface area (Å²) < 4.78 is 0. The molecule has 5 nitrogen and oxygen atoms in total. The van der Waals surface area contributed by atoms with Gasteiger partial charge in [0.1, 0.15) is 5.82 Å². The summed E-state index contributed by atoms with van der Waals surface area (Å²) in [6.45, 7) is 5.33. The quantitative estimate of drug-likeness (QED) is 0.474. The Morgan fingerprint density at radius 3 is 2.50 bits per heavy atom. The Bertz CT molecular complexity index is 1020. The van der Waals surface area contributed by atoms with Gasteiger partial charge in [0.2, 0.25) is 0 Å². The number of nitrogens with zero attached hydrogens (tertiary/aromatic N) is 2. The fourth-order valence-corrected chi connectivity index (χ4v) is 4.32. The lowest BCUT2D eigenvalue weighted by Crippen LogP contribution is -2.37. The Balaban J connectivity index is 1.31. The van der Waals surface area contributed by atoms with Gasteiger partial charge in [0.05, 0.1) is 10.6 Å². The number of para-hydroxylation sites is 1. The van der Waals surface area contributed by atoms with Gasteiger partial charge in [0.25, 0.3) is 5.91 Å². The van der Waals surface area contributed by atoms with Crippen LogP contribution in [0.4, 0.5) is 11.5 Å². The van der Waals surface area contributed by atoms with Crippen molar-refractivity contribution in [3.63, 3.8) is 0 Å². The van der Waals surface area contributed by atoms with Gasteiger partial charge in [-0.3, -0.25) is 9.69 Å². The first-order valence-electron chi connectivity index (χ1n) is 11.1. The summed E-state index contributed by atoms with van der Waals surface area (Å²) in [4.78, 5) is 19.5. The SMILES string of the molecule is C[C@H](c1ccccc1)N1CCC(CNc2ccccc2C(=O)Nc2ccc(Cl)cn2)CC1. The normalized spacial score (nSPS) is 15.8. The third-order valence-corrected chi connectivity index (χ3v) is 6.42. The molecule has 0 aliphatic carbocycles. The largest absolute Gasteiger partial charge is 0.384 e. The van der Waals surface area contributed by atoms with Gasteiger partial charge in [-0.05, 0) is 68.6 Å². The van der Waals surface area contributed by atoms with E-state index >= 15 is 0 Å². The second-order valence-electron chi connectivity index (χ2n) is 8.31. The van der Waals surface area contributed by atoms with E-state index in [-0.39, 0.29) is 5.91 Å². The fraction of sp³-hybridized carbons (Fsp3) is 0.308. The standard InChI is InChI=1S/C26H29ClN4O/c1-19(21-7-3-2-4-8-21)31-15-13-20(14-16-31)17-28-24-10-6-5-9-23(24)26(32)30-25-12-11-22(27)18-29-25/h2-12,18-20,28H,13-17H2,1H3,(H,29,30,32)/t19-/m1/s1. The number of rotatable bonds is 7. The summed E-state index contributed by atoms with van der Waals surface area (Å²) in [7, 11) is 0. The predicted molar refractivity (Wildman–Crippen MR) is 131 cm³/mol. The van der Waals surface area contributed by atoms with Crippen LogP contribution < -0.4 is 10.6 Å². The maximum atomic E-state index is 12.8. The van der Waals surface area contributed by atoms with Crippen molar-refractivity contribution < 1.29 is 4.79 Å². The van der Waals surface area contributed by atoms with E-state index in [0.717, 1.165) is 38.2 Å². The number of likely N-dealkylation sites (tertiary alicyclic amines) is 1. The molecule has 0 unspecified atom stereocenters. The van der Waals surface area contributed by atoms with Crippen molar-refractivity contribution >= 4 is 29.0 Å². The number of hydrogen-bond acceptors (Lipinski definition) is 4. The minimum atomic E-state index is -0.186. The molecule has 1 aliphatic heterocycles. The fourth-order valence-electron chi connectivity index (χ4n) is 4.21. The van der Waals surface area contributed by atoms with Crippen molar-refractivity contribution in [3.8, 4) is 0 Å². The van der Waals surface area contributed by atoms with Crippen LogP contribution in [0.3, 0.4) is 0 Å². The lowest BCUT2D eigenvalue weighted by molar-refractivity contribution is 0.102. The summed E-state index contributed by atoms with van der Waals surface area (Å²) in [5.74, 6) is 0.881. The smallest absolute Gasteiger partial charge is 0.258 e. The Kier molecular flexibility index (Phi) is 7.40. The van der Waals surface area contributed by atoms with Gasteiger partial charge >= 0.3 is 0 Å². The molecule has 0 saturated carbocycles. The average molecular weight is 449 g/mol. The molecule has 1 fully saturated rings. The molecule has 3 aromatic rings. The summed E-state index contributed by atoms with van der Waals surface area (Å²) in [6.07, 6.45) is 3.81. The van der Waals surface area contributed by atoms with Crippen molar-refractivity contribution in [1.29, 1.82) is 0 Å². The number of carbonyl (C=O) groups excluding carboxylic acids is 1. The monoisotopic (exact) mass is 448 g/mol. The summed E-state index contributed by atoms with van der Waals surface area (Å²) in [6, 6.07) is 22.2. The van der Waals surface area contributed by atoms with E-state index in [2.05, 4.69) is 57.8 Å². The molecule has 1 aromatic heterocycles. The van der Waals surface area contributed by atoms with E-state index in [4.69, 9.17) is 11.6 Å². The molecule has 2 N–H and O–H groups in total. The van der Waals surface area contributed by atoms with Gasteiger partial charge in [0, 0.05) is 24.5 Å². The van der Waals surface area contributed by atoms with Crippen molar-refractivity contribution in [2.75, 3.05) is 30.3 Å². The zero-order valence-corrected chi connectivity index (χ0v) is 19.1. The summed E-state index contributed by atoms with van der Waals surface area (Å²) >= 11 is 5.87. The van der Waals surface area contributed by atoms with Crippen LogP contribution in [0.2, 0.25) is 5.02 Å². The van der Waals surface area contributed by atoms with Crippen LogP contribution in [0.1, 0.15) is 41.7 Å². The number of nitrogens with one attached hydrogen (secondary N) is 2. The minimum absolute atomic E-state index is 0.186. The Labute approximate surface area is 194 Å². The van der Waals surface area contributed by atoms with Crippen molar-refractivity contribution in [2.45, 2.75) is 25.8 Å². The lowest BCUT2D eigenvalue weighted by Gasteiger charge is -2.36. The van der Waals surface area contributed by atoms with E-state index < -0.39 is 0 Å². The molecule has 1 aliphatic rings. The summed E-state index contributed by atoms with van der Waals surface area (Å²) in [5.41, 5.74) is 2.83. The van der Waals surface area contributed by atoms with Crippen molar-refractivity contribution in [1.82, 2.24) is 9.88 Å². The number of hydrogen-bond donors (Lipinski definition) is 2. The number of benzene rings is 2. The second-order valence-corrected chi connectivity index (χ2v) is 8.74. The molecule has 2 aromatic carbocycles. The predicted octanol–water partition coefficient (Wildman–Crippen LogP) is 5.87. The number of piperidine rings is 1. The highest BCUT2D eigenvalue weighted by molar-refractivity contribution is 6.30. The van der Waals surface area contributed by atoms with Gasteiger partial charge in [-0.25, -0.2) is 4.98 Å². The highest BCUT2D eigenvalue weighted by Crippen LogP contribution is 2.27. The van der Waals surface area contributed by atoms with Gasteiger partial charge in [-0.15, -0.1) is 0 Å². The molecule has 1 atom stereocenters. The molecule has 1 saturated heterocycles. The molecule has 0 bridgehead atoms. The van der Waals surface area contributed by atoms with Gasteiger partial charge in [-0.1, -0.05) is 54.1 Å². The van der Waals surface area contributed by atoms with Crippen LogP contribution in [0.15, 0.2) is 72.9 Å². The van der Waals surface area contributed by atoms with Crippen LogP contribution >= 0.6 is 11.6 Å². The molecular formula is C26H29ClN4O. The number of pyridine rings is 1. The maximum absolute atomic E-state index is 12.8. The third-order valence-electron chi connectivity index (χ3n) is 6.20. The van der Waals surface area contributed by atoms with Crippen molar-refractivity contribution in [2.24, 2.45) is 5.92 Å². The number of anilines is 2. The van der Waals surface area contributed by atoms with Crippen LogP contribution in [0.25, 0.3) is 0 Å². The van der Waals surface area contributed by atoms with Gasteiger partial charge in [-0.2, -0.15) is 0 Å². The van der Waals surface area contributed by atoms with Gasteiger partial charge in [0.15, 0.2) is 0 Å². The first-order chi connectivity index (χ1) is 15.6. The zero-order valence-electron chi connectivity index (χ0n) is 18.3. The molecule has 6 heteroatoms. The first kappa shape index (κ1) is 22.3. The van der Waals surface area contributed by atoms with E-state index in [1.165, 1.54) is 11.8 Å². The Morgan fingerprint density at radius 1 is 1.06 bits per heavy atom. The molecule has 166 valence electrons. The van der Waals surface area contributed by atoms with E-state index in [1.54, 1.807) is 12.1 Å². The Morgan fingerprint density at radius 2 is 1.78 bits per heavy atom. The lowest BCUT2D eigenvalue weighted by atomic mass is 9.94. The minimum Gasteiger partial charge on any atom is -0.384 e. The average Bonchev–Trinajstić information content (AvgIpc) is 2.85. The second kappa shape index (κ2) is 10.6. The third kappa shape index (κ3) is 5.67. The molecule has 0 spiro atoms. The number of aromatic nitrogens is 1. The molecular weight excluding hydrogens is 420 g/mol. The van der Waals surface area contributed by atoms with Gasteiger partial charge < -0.3 is 10.6 Å². The van der Waals surface area contributed by atoms with E-state index in [1.807, 2.05) is 24.3 Å². The van der Waals surface area contributed by atoms with E-state index in [0.29, 0.717) is 28.4 Å². The molecule has 1 amide bonds. The highest BCUT2D eigenvalue weighted by atomic mass is 35.5. The maximum Gasteiger partial charge on any atom is 0.258 e. The molecule has 2 heterocycles. The topological polar surface area (TPSA) is 57.3 Å². The Hall–Kier alpha value is -2.89. The van der Waals surface area contributed by atoms with Crippen LogP contribution in [-0.2, 0) is 0 Å². The molecule has 32 heavy (non-hydrogen) atoms.